The van der Waals surface area contributed by atoms with Crippen LogP contribution >= 0.6 is 0 Å². The van der Waals surface area contributed by atoms with Crippen molar-refractivity contribution < 1.29 is 34.9 Å². The van der Waals surface area contributed by atoms with Crippen LogP contribution in [0, 0.1) is 0 Å². The van der Waals surface area contributed by atoms with Crippen molar-refractivity contribution >= 4 is 24.3 Å². The van der Waals surface area contributed by atoms with Crippen molar-refractivity contribution in [1.82, 2.24) is 0 Å². The van der Waals surface area contributed by atoms with Gasteiger partial charge in [0.25, 0.3) is 0 Å². The summed E-state index contributed by atoms with van der Waals surface area (Å²) in [5.41, 5.74) is 0. The van der Waals surface area contributed by atoms with Crippen LogP contribution in [0.25, 0.3) is 0 Å². The van der Waals surface area contributed by atoms with Gasteiger partial charge in [-0.1, -0.05) is 0 Å². The molecule has 0 atom stereocenters. The minimum absolute atomic E-state index is 1.02. The van der Waals surface area contributed by atoms with Gasteiger partial charge in [0.05, 0.1) is 0 Å². The molecular formula is C4N4O4Zn. The molecule has 0 N–H and O–H groups in total. The molecule has 0 amide bonds. The van der Waals surface area contributed by atoms with Gasteiger partial charge in [0.2, 0.25) is 0 Å². The fraction of sp³-hybridized carbons (Fsp3) is 0. The maximum atomic E-state index is 9.84. The second-order valence-corrected chi connectivity index (χ2v) is 8.06. The first-order chi connectivity index (χ1) is 6.24. The van der Waals surface area contributed by atoms with E-state index in [4.69, 9.17) is 0 Å². The topological polar surface area (TPSA) is 118 Å². The summed E-state index contributed by atoms with van der Waals surface area (Å²) in [6, 6.07) is 0. The second-order valence-electron chi connectivity index (χ2n) is 1.85. The number of hydrogen-bond donors (Lipinski definition) is 0. The second kappa shape index (κ2) is 5.75. The van der Waals surface area contributed by atoms with Gasteiger partial charge in [-0.15, -0.1) is 0 Å². The van der Waals surface area contributed by atoms with E-state index in [1.54, 1.807) is 0 Å². The van der Waals surface area contributed by atoms with Crippen LogP contribution in [0.2, 0.25) is 0 Å². The molecule has 0 saturated carbocycles. The summed E-state index contributed by atoms with van der Waals surface area (Å²) in [6.07, 6.45) is 4.07. The molecule has 8 nitrogen and oxygen atoms in total. The van der Waals surface area contributed by atoms with Gasteiger partial charge in [0.15, 0.2) is 0 Å². The first-order valence-corrected chi connectivity index (χ1v) is 8.28. The average Bonchev–Trinajstić information content (AvgIpc) is 2.06. The number of nitrogens with zero attached hydrogens (tertiary/aromatic N) is 4. The summed E-state index contributed by atoms with van der Waals surface area (Å²) in [5, 5.41) is 0. The number of carbonyl (C=O) groups excluding carboxylic acids is 4. The van der Waals surface area contributed by atoms with E-state index < -0.39 is 15.7 Å². The van der Waals surface area contributed by atoms with Gasteiger partial charge >= 0.3 is 74.2 Å². The van der Waals surface area contributed by atoms with Crippen LogP contribution in [0.1, 0.15) is 0 Å². The van der Waals surface area contributed by atoms with E-state index in [9.17, 15) is 19.2 Å². The normalized spacial score (nSPS) is 9.23. The van der Waals surface area contributed by atoms with Crippen LogP contribution in [0.15, 0.2) is 14.9 Å². The molecule has 0 aromatic rings. The summed E-state index contributed by atoms with van der Waals surface area (Å²) < 4.78 is 11.8. The summed E-state index contributed by atoms with van der Waals surface area (Å²) >= 11 is -4.85. The van der Waals surface area contributed by atoms with E-state index in [1.165, 1.54) is 0 Å². The van der Waals surface area contributed by atoms with Crippen molar-refractivity contribution in [3.63, 3.8) is 0 Å². The van der Waals surface area contributed by atoms with E-state index in [-0.39, 0.29) is 0 Å². The van der Waals surface area contributed by atoms with Crippen molar-refractivity contribution in [3.05, 3.63) is 0 Å². The van der Waals surface area contributed by atoms with Crippen molar-refractivity contribution in [3.8, 4) is 0 Å². The van der Waals surface area contributed by atoms with Gasteiger partial charge in [-0.3, -0.25) is 0 Å². The number of hydrogen-bond acceptors (Lipinski definition) is 8. The standard InChI is InChI=1S/4CNO.Zn/c4*2-1-3;/q4*-1;+4. The third-order valence-electron chi connectivity index (χ3n) is 1.11. The van der Waals surface area contributed by atoms with E-state index in [2.05, 4.69) is 14.9 Å². The molecule has 62 valence electrons. The van der Waals surface area contributed by atoms with Gasteiger partial charge in [-0.2, -0.15) is 0 Å². The van der Waals surface area contributed by atoms with Crippen LogP contribution in [0.5, 0.6) is 0 Å². The zero-order valence-electron chi connectivity index (χ0n) is 6.13. The van der Waals surface area contributed by atoms with E-state index in [0.717, 1.165) is 24.3 Å². The van der Waals surface area contributed by atoms with E-state index >= 15 is 0 Å². The number of isocyanates is 4. The zero-order chi connectivity index (χ0) is 10.2. The van der Waals surface area contributed by atoms with Crippen LogP contribution in [-0.4, -0.2) is 24.3 Å². The van der Waals surface area contributed by atoms with Gasteiger partial charge in [-0.05, 0) is 0 Å². The van der Waals surface area contributed by atoms with Gasteiger partial charge in [0.1, 0.15) is 0 Å². The molecule has 0 aromatic carbocycles. The maximum absolute atomic E-state index is 9.84. The quantitative estimate of drug-likeness (QED) is 0.357. The van der Waals surface area contributed by atoms with Crippen LogP contribution in [0.4, 0.5) is 0 Å². The molecule has 0 bridgehead atoms. The van der Waals surface area contributed by atoms with Crippen molar-refractivity contribution in [2.45, 2.75) is 0 Å². The third-order valence-corrected chi connectivity index (χ3v) is 5.75. The zero-order valence-corrected chi connectivity index (χ0v) is 9.10. The predicted octanol–water partition coefficient (Wildman–Crippen LogP) is -0.857. The van der Waals surface area contributed by atoms with E-state index in [1.807, 2.05) is 0 Å². The average molecular weight is 233 g/mol. The summed E-state index contributed by atoms with van der Waals surface area (Å²) in [5.74, 6) is 0. The van der Waals surface area contributed by atoms with Crippen molar-refractivity contribution in [1.29, 1.82) is 0 Å². The Hall–Kier alpha value is -1.86. The minimum atomic E-state index is -4.85. The van der Waals surface area contributed by atoms with Gasteiger partial charge < -0.3 is 0 Å². The Kier molecular flexibility index (Phi) is 4.93. The van der Waals surface area contributed by atoms with Crippen LogP contribution < -0.4 is 0 Å². The predicted molar refractivity (Wildman–Crippen MR) is 32.5 cm³/mol. The fourth-order valence-corrected chi connectivity index (χ4v) is 2.90. The van der Waals surface area contributed by atoms with Crippen molar-refractivity contribution in [2.75, 3.05) is 0 Å². The molecule has 0 spiro atoms. The SMILES string of the molecule is O=C=[N][Zn]([N]=C=O)([N]=C=O)[N]=C=O. The van der Waals surface area contributed by atoms with Crippen LogP contribution in [-0.2, 0) is 34.9 Å². The molecule has 13 heavy (non-hydrogen) atoms. The fourth-order valence-electron chi connectivity index (χ4n) is 0.559. The molecule has 0 fully saturated rings. The number of rotatable bonds is 4. The molecule has 0 rings (SSSR count). The molecule has 0 aliphatic heterocycles. The van der Waals surface area contributed by atoms with Crippen LogP contribution in [0.3, 0.4) is 0 Å². The Labute approximate surface area is 74.7 Å². The summed E-state index contributed by atoms with van der Waals surface area (Å²) in [4.78, 5) is 39.4. The summed E-state index contributed by atoms with van der Waals surface area (Å²) in [6.45, 7) is 0. The Morgan fingerprint density at radius 2 is 0.846 bits per heavy atom. The Morgan fingerprint density at radius 3 is 1.00 bits per heavy atom. The molecule has 0 radical (unpaired) electrons. The third kappa shape index (κ3) is 3.36. The monoisotopic (exact) mass is 232 g/mol. The summed E-state index contributed by atoms with van der Waals surface area (Å²) in [7, 11) is 0. The van der Waals surface area contributed by atoms with Gasteiger partial charge in [-0.25, -0.2) is 0 Å². The molecule has 9 heteroatoms. The molecular weight excluding hydrogens is 233 g/mol. The molecule has 0 aliphatic carbocycles. The Morgan fingerprint density at radius 1 is 0.615 bits per heavy atom. The first-order valence-electron chi connectivity index (χ1n) is 2.98. The molecule has 0 saturated heterocycles. The first kappa shape index (κ1) is 11.1. The molecule has 0 aliphatic rings. The molecule has 0 aromatic heterocycles. The molecule has 0 heterocycles. The van der Waals surface area contributed by atoms with E-state index in [0.29, 0.717) is 0 Å². The Bertz CT molecular complexity index is 303. The Balaban J connectivity index is 5.52. The van der Waals surface area contributed by atoms with Gasteiger partial charge in [0, 0.05) is 0 Å². The molecule has 0 unspecified atom stereocenters. The van der Waals surface area contributed by atoms with Crippen molar-refractivity contribution in [2.24, 2.45) is 14.9 Å².